The highest BCUT2D eigenvalue weighted by molar-refractivity contribution is 5.93. The number of amides is 1. The van der Waals surface area contributed by atoms with E-state index in [2.05, 4.69) is 6.07 Å². The van der Waals surface area contributed by atoms with Crippen LogP contribution in [0.5, 0.6) is 0 Å². The lowest BCUT2D eigenvalue weighted by Gasteiger charge is -2.22. The molecule has 0 spiro atoms. The third kappa shape index (κ3) is 4.09. The second-order valence-electron chi connectivity index (χ2n) is 5.48. The van der Waals surface area contributed by atoms with Crippen LogP contribution in [0.1, 0.15) is 44.9 Å². The van der Waals surface area contributed by atoms with Crippen molar-refractivity contribution < 1.29 is 4.79 Å². The van der Waals surface area contributed by atoms with Gasteiger partial charge in [-0.3, -0.25) is 4.79 Å². The van der Waals surface area contributed by atoms with Gasteiger partial charge in [-0.1, -0.05) is 43.9 Å². The van der Waals surface area contributed by atoms with Crippen molar-refractivity contribution in [3.05, 3.63) is 30.3 Å². The first-order valence-electron chi connectivity index (χ1n) is 7.53. The molecule has 0 aliphatic heterocycles. The fraction of sp³-hybridized carbons (Fsp3) is 0.529. The second kappa shape index (κ2) is 7.69. The maximum Gasteiger partial charge on any atom is 0.227 e. The van der Waals surface area contributed by atoms with Gasteiger partial charge in [-0.25, -0.2) is 0 Å². The molecular formula is C17H22N2O. The van der Waals surface area contributed by atoms with Crippen LogP contribution in [0.4, 0.5) is 5.69 Å². The molecule has 0 aromatic heterocycles. The van der Waals surface area contributed by atoms with Crippen LogP contribution in [0, 0.1) is 17.2 Å². The highest BCUT2D eigenvalue weighted by atomic mass is 16.2. The van der Waals surface area contributed by atoms with Gasteiger partial charge in [0.1, 0.15) is 0 Å². The van der Waals surface area contributed by atoms with Crippen LogP contribution >= 0.6 is 0 Å². The van der Waals surface area contributed by atoms with E-state index < -0.39 is 0 Å². The SMILES string of the molecule is N#CCCN(C(=O)CCC1CCCC1)c1ccccc1. The Hall–Kier alpha value is -1.82. The summed E-state index contributed by atoms with van der Waals surface area (Å²) in [5.41, 5.74) is 0.902. The maximum absolute atomic E-state index is 12.4. The molecule has 3 heteroatoms. The van der Waals surface area contributed by atoms with Crippen molar-refractivity contribution in [1.82, 2.24) is 0 Å². The minimum Gasteiger partial charge on any atom is -0.311 e. The number of anilines is 1. The molecule has 0 unspecified atom stereocenters. The van der Waals surface area contributed by atoms with Crippen LogP contribution in [0.25, 0.3) is 0 Å². The van der Waals surface area contributed by atoms with Crippen molar-refractivity contribution in [1.29, 1.82) is 5.26 Å². The minimum absolute atomic E-state index is 0.151. The number of benzene rings is 1. The Morgan fingerprint density at radius 3 is 2.60 bits per heavy atom. The minimum atomic E-state index is 0.151. The van der Waals surface area contributed by atoms with Gasteiger partial charge < -0.3 is 4.90 Å². The van der Waals surface area contributed by atoms with E-state index in [0.29, 0.717) is 19.4 Å². The summed E-state index contributed by atoms with van der Waals surface area (Å²) in [4.78, 5) is 14.2. The molecular weight excluding hydrogens is 248 g/mol. The van der Waals surface area contributed by atoms with Crippen molar-refractivity contribution in [3.63, 3.8) is 0 Å². The lowest BCUT2D eigenvalue weighted by molar-refractivity contribution is -0.118. The van der Waals surface area contributed by atoms with Crippen LogP contribution in [0.3, 0.4) is 0 Å². The van der Waals surface area contributed by atoms with Gasteiger partial charge in [-0.05, 0) is 24.5 Å². The number of carbonyl (C=O) groups is 1. The van der Waals surface area contributed by atoms with Crippen molar-refractivity contribution >= 4 is 11.6 Å². The second-order valence-corrected chi connectivity index (χ2v) is 5.48. The molecule has 1 aliphatic rings. The van der Waals surface area contributed by atoms with Crippen LogP contribution in [-0.2, 0) is 4.79 Å². The fourth-order valence-corrected chi connectivity index (χ4v) is 2.93. The Kier molecular flexibility index (Phi) is 5.61. The molecule has 0 heterocycles. The van der Waals surface area contributed by atoms with E-state index in [1.54, 1.807) is 4.90 Å². The van der Waals surface area contributed by atoms with E-state index in [1.165, 1.54) is 25.7 Å². The Balaban J connectivity index is 1.95. The van der Waals surface area contributed by atoms with Gasteiger partial charge in [0.15, 0.2) is 0 Å². The molecule has 0 N–H and O–H groups in total. The third-order valence-electron chi connectivity index (χ3n) is 4.06. The third-order valence-corrected chi connectivity index (χ3v) is 4.06. The zero-order chi connectivity index (χ0) is 14.2. The largest absolute Gasteiger partial charge is 0.311 e. The molecule has 0 bridgehead atoms. The van der Waals surface area contributed by atoms with E-state index in [1.807, 2.05) is 30.3 Å². The monoisotopic (exact) mass is 270 g/mol. The number of hydrogen-bond acceptors (Lipinski definition) is 2. The zero-order valence-electron chi connectivity index (χ0n) is 11.9. The number of nitriles is 1. The Morgan fingerprint density at radius 2 is 1.95 bits per heavy atom. The normalized spacial score (nSPS) is 14.9. The van der Waals surface area contributed by atoms with Gasteiger partial charge in [-0.15, -0.1) is 0 Å². The topological polar surface area (TPSA) is 44.1 Å². The molecule has 1 fully saturated rings. The van der Waals surface area contributed by atoms with E-state index in [0.717, 1.165) is 18.0 Å². The first-order chi connectivity index (χ1) is 9.81. The molecule has 1 aliphatic carbocycles. The van der Waals surface area contributed by atoms with Crippen LogP contribution < -0.4 is 4.90 Å². The van der Waals surface area contributed by atoms with Gasteiger partial charge in [0.2, 0.25) is 5.91 Å². The van der Waals surface area contributed by atoms with Crippen molar-refractivity contribution in [2.75, 3.05) is 11.4 Å². The highest BCUT2D eigenvalue weighted by Gasteiger charge is 2.19. The summed E-state index contributed by atoms with van der Waals surface area (Å²) < 4.78 is 0. The van der Waals surface area contributed by atoms with Crippen LogP contribution in [0.15, 0.2) is 30.3 Å². The van der Waals surface area contributed by atoms with Crippen LogP contribution in [0.2, 0.25) is 0 Å². The van der Waals surface area contributed by atoms with E-state index in [9.17, 15) is 4.79 Å². The summed E-state index contributed by atoms with van der Waals surface area (Å²) in [7, 11) is 0. The molecule has 1 aromatic carbocycles. The molecule has 1 saturated carbocycles. The number of rotatable bonds is 6. The van der Waals surface area contributed by atoms with Gasteiger partial charge in [0, 0.05) is 18.7 Å². The average Bonchev–Trinajstić information content (AvgIpc) is 3.00. The quantitative estimate of drug-likeness (QED) is 0.786. The zero-order valence-corrected chi connectivity index (χ0v) is 11.9. The standard InChI is InChI=1S/C17H22N2O/c18-13-6-14-19(16-9-2-1-3-10-16)17(20)12-11-15-7-4-5-8-15/h1-3,9-10,15H,4-8,11-12,14H2. The lowest BCUT2D eigenvalue weighted by atomic mass is 10.0. The first-order valence-corrected chi connectivity index (χ1v) is 7.53. The molecule has 20 heavy (non-hydrogen) atoms. The Bertz CT molecular complexity index is 458. The average molecular weight is 270 g/mol. The van der Waals surface area contributed by atoms with E-state index >= 15 is 0 Å². The number of nitrogens with zero attached hydrogens (tertiary/aromatic N) is 2. The molecule has 1 amide bonds. The smallest absolute Gasteiger partial charge is 0.227 e. The van der Waals surface area contributed by atoms with Crippen molar-refractivity contribution in [2.45, 2.75) is 44.9 Å². The highest BCUT2D eigenvalue weighted by Crippen LogP contribution is 2.29. The molecule has 2 rings (SSSR count). The summed E-state index contributed by atoms with van der Waals surface area (Å²) in [5.74, 6) is 0.880. The van der Waals surface area contributed by atoms with E-state index in [4.69, 9.17) is 5.26 Å². The summed E-state index contributed by atoms with van der Waals surface area (Å²) >= 11 is 0. The number of para-hydroxylation sites is 1. The van der Waals surface area contributed by atoms with Gasteiger partial charge in [0.05, 0.1) is 12.5 Å². The van der Waals surface area contributed by atoms with Crippen molar-refractivity contribution in [2.24, 2.45) is 5.92 Å². The van der Waals surface area contributed by atoms with Crippen LogP contribution in [-0.4, -0.2) is 12.5 Å². The number of carbonyl (C=O) groups excluding carboxylic acids is 1. The Labute approximate surface area is 121 Å². The molecule has 1 aromatic rings. The maximum atomic E-state index is 12.4. The number of hydrogen-bond donors (Lipinski definition) is 0. The van der Waals surface area contributed by atoms with Crippen molar-refractivity contribution in [3.8, 4) is 6.07 Å². The summed E-state index contributed by atoms with van der Waals surface area (Å²) in [5, 5.41) is 8.76. The summed E-state index contributed by atoms with van der Waals surface area (Å²) in [6.07, 6.45) is 7.16. The molecule has 0 saturated heterocycles. The molecule has 0 radical (unpaired) electrons. The van der Waals surface area contributed by atoms with Gasteiger partial charge in [0.25, 0.3) is 0 Å². The molecule has 3 nitrogen and oxygen atoms in total. The Morgan fingerprint density at radius 1 is 1.25 bits per heavy atom. The van der Waals surface area contributed by atoms with Gasteiger partial charge >= 0.3 is 0 Å². The first kappa shape index (κ1) is 14.6. The van der Waals surface area contributed by atoms with Gasteiger partial charge in [-0.2, -0.15) is 5.26 Å². The molecule has 106 valence electrons. The predicted molar refractivity (Wildman–Crippen MR) is 80.2 cm³/mol. The van der Waals surface area contributed by atoms with E-state index in [-0.39, 0.29) is 5.91 Å². The summed E-state index contributed by atoms with van der Waals surface area (Å²) in [6, 6.07) is 11.8. The molecule has 0 atom stereocenters. The fourth-order valence-electron chi connectivity index (χ4n) is 2.93. The summed E-state index contributed by atoms with van der Waals surface area (Å²) in [6.45, 7) is 0.490. The predicted octanol–water partition coefficient (Wildman–Crippen LogP) is 3.90. The lowest BCUT2D eigenvalue weighted by Crippen LogP contribution is -2.31.